The molecular weight excluding hydrogens is 146 g/mol. The van der Waals surface area contributed by atoms with E-state index < -0.39 is 11.6 Å². The monoisotopic (exact) mass is 154 g/mol. The first-order valence-electron chi connectivity index (χ1n) is 3.28. The Bertz CT molecular complexity index is 246. The Hall–Kier alpha value is -1.18. The number of allylic oxidation sites excluding steroid dienone is 1. The molecule has 58 valence electrons. The van der Waals surface area contributed by atoms with Gasteiger partial charge in [0, 0.05) is 6.07 Å². The number of hydrogen-bond donors (Lipinski definition) is 0. The van der Waals surface area contributed by atoms with Gasteiger partial charge in [0.25, 0.3) is 0 Å². The van der Waals surface area contributed by atoms with Gasteiger partial charge >= 0.3 is 0 Å². The summed E-state index contributed by atoms with van der Waals surface area (Å²) in [5.74, 6) is -1.08. The molecule has 0 saturated heterocycles. The maximum atomic E-state index is 12.5. The van der Waals surface area contributed by atoms with Crippen molar-refractivity contribution in [2.45, 2.75) is 6.42 Å². The van der Waals surface area contributed by atoms with Crippen molar-refractivity contribution in [3.63, 3.8) is 0 Å². The number of benzene rings is 1. The highest BCUT2D eigenvalue weighted by Crippen LogP contribution is 2.08. The minimum Gasteiger partial charge on any atom is -0.207 e. The van der Waals surface area contributed by atoms with E-state index in [1.807, 2.05) is 0 Å². The van der Waals surface area contributed by atoms with Crippen molar-refractivity contribution >= 4 is 0 Å². The van der Waals surface area contributed by atoms with E-state index in [4.69, 9.17) is 0 Å². The molecule has 1 aromatic rings. The molecule has 0 radical (unpaired) electrons. The Morgan fingerprint density at radius 1 is 1.18 bits per heavy atom. The van der Waals surface area contributed by atoms with Crippen LogP contribution in [0.3, 0.4) is 0 Å². The largest absolute Gasteiger partial charge is 0.207 e. The number of halogens is 2. The van der Waals surface area contributed by atoms with E-state index in [0.717, 1.165) is 6.07 Å². The molecule has 1 rings (SSSR count). The van der Waals surface area contributed by atoms with Crippen LogP contribution < -0.4 is 0 Å². The minimum absolute atomic E-state index is 0.495. The van der Waals surface area contributed by atoms with E-state index in [2.05, 4.69) is 6.58 Å². The van der Waals surface area contributed by atoms with Gasteiger partial charge in [0.15, 0.2) is 0 Å². The molecule has 0 bridgehead atoms. The summed E-state index contributed by atoms with van der Waals surface area (Å²) in [6, 6.07) is 3.45. The second kappa shape index (κ2) is 3.28. The van der Waals surface area contributed by atoms with Gasteiger partial charge in [0.1, 0.15) is 11.6 Å². The van der Waals surface area contributed by atoms with E-state index in [0.29, 0.717) is 12.0 Å². The molecule has 0 heterocycles. The molecule has 0 N–H and O–H groups in total. The molecule has 11 heavy (non-hydrogen) atoms. The van der Waals surface area contributed by atoms with E-state index in [9.17, 15) is 8.78 Å². The topological polar surface area (TPSA) is 0 Å². The zero-order chi connectivity index (χ0) is 8.27. The third-order valence-corrected chi connectivity index (χ3v) is 1.30. The number of hydrogen-bond acceptors (Lipinski definition) is 0. The van der Waals surface area contributed by atoms with E-state index >= 15 is 0 Å². The van der Waals surface area contributed by atoms with Crippen LogP contribution in [0, 0.1) is 11.6 Å². The van der Waals surface area contributed by atoms with E-state index in [1.165, 1.54) is 12.1 Å². The lowest BCUT2D eigenvalue weighted by Gasteiger charge is -1.96. The van der Waals surface area contributed by atoms with Gasteiger partial charge in [0.05, 0.1) is 0 Å². The molecule has 2 heteroatoms. The predicted molar refractivity (Wildman–Crippen MR) is 40.3 cm³/mol. The van der Waals surface area contributed by atoms with Crippen molar-refractivity contribution in [2.75, 3.05) is 0 Å². The average molecular weight is 154 g/mol. The van der Waals surface area contributed by atoms with Gasteiger partial charge in [-0.05, 0) is 24.1 Å². The summed E-state index contributed by atoms with van der Waals surface area (Å²) in [5.41, 5.74) is 0.609. The summed E-state index contributed by atoms with van der Waals surface area (Å²) >= 11 is 0. The summed E-state index contributed by atoms with van der Waals surface area (Å²) in [6.45, 7) is 3.47. The van der Waals surface area contributed by atoms with Crippen molar-refractivity contribution in [2.24, 2.45) is 0 Å². The fraction of sp³-hybridized carbons (Fsp3) is 0.111. The zero-order valence-corrected chi connectivity index (χ0v) is 5.98. The molecule has 0 amide bonds. The molecule has 0 aliphatic rings. The second-order valence-corrected chi connectivity index (χ2v) is 2.27. The van der Waals surface area contributed by atoms with Gasteiger partial charge in [-0.25, -0.2) is 8.78 Å². The minimum atomic E-state index is -0.540. The Morgan fingerprint density at radius 3 is 2.18 bits per heavy atom. The normalized spacial score (nSPS) is 9.64. The van der Waals surface area contributed by atoms with Gasteiger partial charge in [0.2, 0.25) is 0 Å². The van der Waals surface area contributed by atoms with Crippen LogP contribution in [0.2, 0.25) is 0 Å². The van der Waals surface area contributed by atoms with Crippen LogP contribution in [0.1, 0.15) is 5.56 Å². The highest BCUT2D eigenvalue weighted by atomic mass is 19.1. The van der Waals surface area contributed by atoms with Crippen LogP contribution in [-0.4, -0.2) is 0 Å². The standard InChI is InChI=1S/C9H8F2/c1-2-3-7-4-8(10)6-9(11)5-7/h2,4-6H,1,3H2. The van der Waals surface area contributed by atoms with Gasteiger partial charge < -0.3 is 0 Å². The van der Waals surface area contributed by atoms with Gasteiger partial charge in [-0.15, -0.1) is 6.58 Å². The fourth-order valence-corrected chi connectivity index (χ4v) is 0.895. The van der Waals surface area contributed by atoms with Crippen LogP contribution in [0.25, 0.3) is 0 Å². The van der Waals surface area contributed by atoms with Crippen LogP contribution in [0.4, 0.5) is 8.78 Å². The summed E-state index contributed by atoms with van der Waals surface area (Å²) in [6.07, 6.45) is 2.10. The SMILES string of the molecule is C=CCc1cc(F)cc(F)c1. The van der Waals surface area contributed by atoms with Crippen LogP contribution in [0.5, 0.6) is 0 Å². The average Bonchev–Trinajstić information content (AvgIpc) is 1.85. The maximum Gasteiger partial charge on any atom is 0.126 e. The highest BCUT2D eigenvalue weighted by molar-refractivity contribution is 5.19. The summed E-state index contributed by atoms with van der Waals surface area (Å²) in [5, 5.41) is 0. The molecule has 0 spiro atoms. The molecule has 0 aliphatic carbocycles. The van der Waals surface area contributed by atoms with Gasteiger partial charge in [-0.3, -0.25) is 0 Å². The van der Waals surface area contributed by atoms with E-state index in [-0.39, 0.29) is 0 Å². The summed E-state index contributed by atoms with van der Waals surface area (Å²) < 4.78 is 25.0. The predicted octanol–water partition coefficient (Wildman–Crippen LogP) is 2.69. The molecular formula is C9H8F2. The second-order valence-electron chi connectivity index (χ2n) is 2.27. The van der Waals surface area contributed by atoms with Crippen molar-refractivity contribution in [3.05, 3.63) is 48.1 Å². The molecule has 0 saturated carbocycles. The Kier molecular flexibility index (Phi) is 2.36. The Labute approximate surface area is 64.2 Å². The molecule has 0 fully saturated rings. The lowest BCUT2D eigenvalue weighted by atomic mass is 10.1. The van der Waals surface area contributed by atoms with Crippen LogP contribution in [-0.2, 0) is 6.42 Å². The zero-order valence-electron chi connectivity index (χ0n) is 5.98. The summed E-state index contributed by atoms with van der Waals surface area (Å²) in [4.78, 5) is 0. The Balaban J connectivity index is 2.98. The van der Waals surface area contributed by atoms with Crippen molar-refractivity contribution in [1.82, 2.24) is 0 Å². The molecule has 0 nitrogen and oxygen atoms in total. The van der Waals surface area contributed by atoms with E-state index in [1.54, 1.807) is 6.08 Å². The van der Waals surface area contributed by atoms with Gasteiger partial charge in [-0.1, -0.05) is 6.08 Å². The molecule has 0 aliphatic heterocycles. The smallest absolute Gasteiger partial charge is 0.126 e. The number of rotatable bonds is 2. The lowest BCUT2D eigenvalue weighted by molar-refractivity contribution is 0.580. The van der Waals surface area contributed by atoms with Gasteiger partial charge in [-0.2, -0.15) is 0 Å². The van der Waals surface area contributed by atoms with Crippen molar-refractivity contribution in [1.29, 1.82) is 0 Å². The van der Waals surface area contributed by atoms with Crippen molar-refractivity contribution in [3.8, 4) is 0 Å². The highest BCUT2D eigenvalue weighted by Gasteiger charge is 1.97. The van der Waals surface area contributed by atoms with Crippen molar-refractivity contribution < 1.29 is 8.78 Å². The first kappa shape index (κ1) is 7.92. The third-order valence-electron chi connectivity index (χ3n) is 1.30. The first-order valence-corrected chi connectivity index (χ1v) is 3.28. The molecule has 1 aromatic carbocycles. The van der Waals surface area contributed by atoms with Crippen LogP contribution in [0.15, 0.2) is 30.9 Å². The Morgan fingerprint density at radius 2 is 1.73 bits per heavy atom. The quantitative estimate of drug-likeness (QED) is 0.574. The first-order chi connectivity index (χ1) is 5.22. The lowest BCUT2D eigenvalue weighted by Crippen LogP contribution is -1.85. The fourth-order valence-electron chi connectivity index (χ4n) is 0.895. The maximum absolute atomic E-state index is 12.5. The molecule has 0 atom stereocenters. The third kappa shape index (κ3) is 2.15. The van der Waals surface area contributed by atoms with Crippen LogP contribution >= 0.6 is 0 Å². The summed E-state index contributed by atoms with van der Waals surface area (Å²) in [7, 11) is 0. The molecule has 0 unspecified atom stereocenters. The molecule has 0 aromatic heterocycles.